The van der Waals surface area contributed by atoms with E-state index in [0.717, 1.165) is 11.1 Å². The van der Waals surface area contributed by atoms with Gasteiger partial charge in [-0.05, 0) is 54.4 Å². The molecular formula is C26H24N2O4. The zero-order valence-electron chi connectivity index (χ0n) is 18.2. The normalized spacial score (nSPS) is 13.5. The number of nitrogens with zero attached hydrogens (tertiary/aromatic N) is 1. The molecule has 6 heteroatoms. The molecule has 0 aliphatic carbocycles. The maximum Gasteiger partial charge on any atom is 0.278 e. The molecule has 0 bridgehead atoms. The van der Waals surface area contributed by atoms with Crippen molar-refractivity contribution in [3.63, 3.8) is 0 Å². The minimum atomic E-state index is -0.364. The number of benzene rings is 3. The Kier molecular flexibility index (Phi) is 5.94. The fraction of sp³-hybridized carbons (Fsp3) is 0.154. The second kappa shape index (κ2) is 8.98. The quantitative estimate of drug-likeness (QED) is 0.565. The maximum atomic E-state index is 13.4. The third kappa shape index (κ3) is 4.21. The molecule has 2 amide bonds. The topological polar surface area (TPSA) is 67.9 Å². The first-order valence-electron chi connectivity index (χ1n) is 10.2. The molecule has 32 heavy (non-hydrogen) atoms. The van der Waals surface area contributed by atoms with Crippen LogP contribution in [0, 0.1) is 6.92 Å². The largest absolute Gasteiger partial charge is 0.497 e. The van der Waals surface area contributed by atoms with Crippen LogP contribution in [0.15, 0.2) is 78.5 Å². The number of methoxy groups -OCH3 is 2. The SMILES string of the molecule is COc1ccc(CN2C(=O)C(Nc3ccc(OC)cc3)=C(c3ccc(C)cc3)C2=O)cc1. The first kappa shape index (κ1) is 21.2. The number of rotatable bonds is 7. The molecule has 0 unspecified atom stereocenters. The van der Waals surface area contributed by atoms with Crippen molar-refractivity contribution in [2.45, 2.75) is 13.5 Å². The van der Waals surface area contributed by atoms with Gasteiger partial charge in [0.05, 0.1) is 26.3 Å². The minimum Gasteiger partial charge on any atom is -0.497 e. The number of aryl methyl sites for hydroxylation is 1. The van der Waals surface area contributed by atoms with Crippen molar-refractivity contribution in [2.75, 3.05) is 19.5 Å². The summed E-state index contributed by atoms with van der Waals surface area (Å²) in [6.07, 6.45) is 0. The van der Waals surface area contributed by atoms with E-state index in [0.29, 0.717) is 28.3 Å². The summed E-state index contributed by atoms with van der Waals surface area (Å²) >= 11 is 0. The molecule has 1 aliphatic rings. The van der Waals surface area contributed by atoms with Crippen molar-refractivity contribution in [3.8, 4) is 11.5 Å². The van der Waals surface area contributed by atoms with E-state index < -0.39 is 0 Å². The van der Waals surface area contributed by atoms with Crippen LogP contribution < -0.4 is 14.8 Å². The molecule has 162 valence electrons. The zero-order valence-corrected chi connectivity index (χ0v) is 18.2. The second-order valence-corrected chi connectivity index (χ2v) is 7.51. The predicted octanol–water partition coefficient (Wildman–Crippen LogP) is 4.40. The summed E-state index contributed by atoms with van der Waals surface area (Å²) in [6.45, 7) is 2.15. The highest BCUT2D eigenvalue weighted by Gasteiger charge is 2.39. The fourth-order valence-electron chi connectivity index (χ4n) is 3.56. The Balaban J connectivity index is 1.69. The average molecular weight is 428 g/mol. The number of nitrogens with one attached hydrogen (secondary N) is 1. The standard InChI is InChI=1S/C26H24N2O4/c1-17-4-8-19(9-5-17)23-24(27-20-10-14-22(32-3)15-11-20)26(30)28(25(23)29)16-18-6-12-21(31-2)13-7-18/h4-15,27H,16H2,1-3H3. The van der Waals surface area contributed by atoms with E-state index >= 15 is 0 Å². The molecule has 0 radical (unpaired) electrons. The van der Waals surface area contributed by atoms with Crippen molar-refractivity contribution >= 4 is 23.1 Å². The van der Waals surface area contributed by atoms with Crippen LogP contribution in [0.3, 0.4) is 0 Å². The lowest BCUT2D eigenvalue weighted by atomic mass is 10.0. The van der Waals surface area contributed by atoms with Gasteiger partial charge in [-0.3, -0.25) is 14.5 Å². The van der Waals surface area contributed by atoms with Crippen LogP contribution in [0.2, 0.25) is 0 Å². The van der Waals surface area contributed by atoms with Gasteiger partial charge in [-0.15, -0.1) is 0 Å². The third-order valence-corrected chi connectivity index (χ3v) is 5.37. The summed E-state index contributed by atoms with van der Waals surface area (Å²) in [5.74, 6) is 0.731. The highest BCUT2D eigenvalue weighted by Crippen LogP contribution is 2.32. The number of anilines is 1. The van der Waals surface area contributed by atoms with E-state index in [-0.39, 0.29) is 24.1 Å². The first-order valence-corrected chi connectivity index (χ1v) is 10.2. The molecule has 0 fully saturated rings. The van der Waals surface area contributed by atoms with Crippen molar-refractivity contribution in [1.29, 1.82) is 0 Å². The van der Waals surface area contributed by atoms with Gasteiger partial charge in [-0.2, -0.15) is 0 Å². The predicted molar refractivity (Wildman–Crippen MR) is 123 cm³/mol. The number of carbonyl (C=O) groups is 2. The van der Waals surface area contributed by atoms with E-state index in [1.807, 2.05) is 67.6 Å². The molecule has 0 spiro atoms. The summed E-state index contributed by atoms with van der Waals surface area (Å²) in [5.41, 5.74) is 3.92. The molecular weight excluding hydrogens is 404 g/mol. The van der Waals surface area contributed by atoms with Crippen molar-refractivity contribution < 1.29 is 19.1 Å². The fourth-order valence-corrected chi connectivity index (χ4v) is 3.56. The molecule has 4 rings (SSSR count). The van der Waals surface area contributed by atoms with Crippen LogP contribution in [-0.2, 0) is 16.1 Å². The number of carbonyl (C=O) groups excluding carboxylic acids is 2. The Labute approximate surface area is 187 Å². The lowest BCUT2D eigenvalue weighted by molar-refractivity contribution is -0.137. The van der Waals surface area contributed by atoms with Crippen LogP contribution in [0.1, 0.15) is 16.7 Å². The van der Waals surface area contributed by atoms with Gasteiger partial charge in [-0.25, -0.2) is 0 Å². The van der Waals surface area contributed by atoms with E-state index in [1.54, 1.807) is 26.4 Å². The van der Waals surface area contributed by atoms with Gasteiger partial charge in [0, 0.05) is 5.69 Å². The monoisotopic (exact) mass is 428 g/mol. The van der Waals surface area contributed by atoms with Gasteiger partial charge in [-0.1, -0.05) is 42.0 Å². The molecule has 0 saturated carbocycles. The number of amides is 2. The van der Waals surface area contributed by atoms with Gasteiger partial charge in [0.25, 0.3) is 11.8 Å². The van der Waals surface area contributed by atoms with Crippen molar-refractivity contribution in [3.05, 3.63) is 95.2 Å². The van der Waals surface area contributed by atoms with Gasteiger partial charge < -0.3 is 14.8 Å². The number of imide groups is 1. The molecule has 0 atom stereocenters. The summed E-state index contributed by atoms with van der Waals surface area (Å²) < 4.78 is 10.4. The van der Waals surface area contributed by atoms with Gasteiger partial charge in [0.1, 0.15) is 17.2 Å². The zero-order chi connectivity index (χ0) is 22.7. The number of hydrogen-bond acceptors (Lipinski definition) is 5. The molecule has 3 aromatic carbocycles. The second-order valence-electron chi connectivity index (χ2n) is 7.51. The Bertz CT molecular complexity index is 1160. The highest BCUT2D eigenvalue weighted by atomic mass is 16.5. The van der Waals surface area contributed by atoms with Crippen LogP contribution in [0.25, 0.3) is 5.57 Å². The van der Waals surface area contributed by atoms with Crippen LogP contribution in [-0.4, -0.2) is 30.9 Å². The smallest absolute Gasteiger partial charge is 0.278 e. The van der Waals surface area contributed by atoms with E-state index in [1.165, 1.54) is 4.90 Å². The Morgan fingerprint density at radius 1 is 0.750 bits per heavy atom. The van der Waals surface area contributed by atoms with Gasteiger partial charge in [0.15, 0.2) is 0 Å². The lowest BCUT2D eigenvalue weighted by Gasteiger charge is -2.16. The Morgan fingerprint density at radius 2 is 1.31 bits per heavy atom. The third-order valence-electron chi connectivity index (χ3n) is 5.37. The first-order chi connectivity index (χ1) is 15.5. The highest BCUT2D eigenvalue weighted by molar-refractivity contribution is 6.36. The maximum absolute atomic E-state index is 13.4. The molecule has 0 saturated heterocycles. The molecule has 0 aromatic heterocycles. The number of ether oxygens (including phenoxy) is 2. The van der Waals surface area contributed by atoms with E-state index in [4.69, 9.17) is 9.47 Å². The van der Waals surface area contributed by atoms with Crippen LogP contribution in [0.4, 0.5) is 5.69 Å². The summed E-state index contributed by atoms with van der Waals surface area (Å²) in [7, 11) is 3.19. The molecule has 3 aromatic rings. The van der Waals surface area contributed by atoms with Gasteiger partial charge in [0.2, 0.25) is 0 Å². The lowest BCUT2D eigenvalue weighted by Crippen LogP contribution is -2.32. The summed E-state index contributed by atoms with van der Waals surface area (Å²) in [4.78, 5) is 28.0. The summed E-state index contributed by atoms with van der Waals surface area (Å²) in [5, 5.41) is 3.16. The van der Waals surface area contributed by atoms with Crippen LogP contribution >= 0.6 is 0 Å². The molecule has 1 aliphatic heterocycles. The van der Waals surface area contributed by atoms with Crippen molar-refractivity contribution in [2.24, 2.45) is 0 Å². The van der Waals surface area contributed by atoms with E-state index in [2.05, 4.69) is 5.32 Å². The summed E-state index contributed by atoms with van der Waals surface area (Å²) in [6, 6.07) is 22.1. The van der Waals surface area contributed by atoms with E-state index in [9.17, 15) is 9.59 Å². The minimum absolute atomic E-state index is 0.171. The van der Waals surface area contributed by atoms with Crippen LogP contribution in [0.5, 0.6) is 11.5 Å². The average Bonchev–Trinajstić information content (AvgIpc) is 3.05. The molecule has 1 heterocycles. The van der Waals surface area contributed by atoms with Crippen molar-refractivity contribution in [1.82, 2.24) is 4.90 Å². The van der Waals surface area contributed by atoms with Gasteiger partial charge >= 0.3 is 0 Å². The Hall–Kier alpha value is -4.06. The molecule has 1 N–H and O–H groups in total. The Morgan fingerprint density at radius 3 is 1.88 bits per heavy atom. The molecule has 6 nitrogen and oxygen atoms in total. The number of hydrogen-bond donors (Lipinski definition) is 1.